The third kappa shape index (κ3) is 4.67. The van der Waals surface area contributed by atoms with Crippen molar-refractivity contribution in [3.8, 4) is 0 Å². The summed E-state index contributed by atoms with van der Waals surface area (Å²) in [6.07, 6.45) is 5.23. The standard InChI is InChI=1S/C16H24N2O/c1-2-4-13-6-8-15(9-7-13)18-16(19)11-14-5-3-10-17-12-14/h6-9,14,17H,2-5,10-12H2,1H3,(H,18,19). The quantitative estimate of drug-likeness (QED) is 0.854. The molecule has 104 valence electrons. The lowest BCUT2D eigenvalue weighted by atomic mass is 9.96. The minimum Gasteiger partial charge on any atom is -0.326 e. The molecule has 0 bridgehead atoms. The highest BCUT2D eigenvalue weighted by molar-refractivity contribution is 5.90. The van der Waals surface area contributed by atoms with E-state index in [0.717, 1.165) is 38.0 Å². The predicted molar refractivity (Wildman–Crippen MR) is 79.3 cm³/mol. The van der Waals surface area contributed by atoms with Gasteiger partial charge in [-0.2, -0.15) is 0 Å². The zero-order chi connectivity index (χ0) is 13.5. The Morgan fingerprint density at radius 2 is 2.16 bits per heavy atom. The fourth-order valence-corrected chi connectivity index (χ4v) is 2.62. The van der Waals surface area contributed by atoms with E-state index in [2.05, 4.69) is 29.7 Å². The third-order valence-corrected chi connectivity index (χ3v) is 3.65. The number of hydrogen-bond donors (Lipinski definition) is 2. The average molecular weight is 260 g/mol. The maximum atomic E-state index is 12.0. The molecule has 0 saturated carbocycles. The van der Waals surface area contributed by atoms with Crippen LogP contribution in [0.2, 0.25) is 0 Å². The van der Waals surface area contributed by atoms with Crippen molar-refractivity contribution in [3.63, 3.8) is 0 Å². The third-order valence-electron chi connectivity index (χ3n) is 3.65. The lowest BCUT2D eigenvalue weighted by Gasteiger charge is -2.22. The Morgan fingerprint density at radius 1 is 1.37 bits per heavy atom. The number of amides is 1. The smallest absolute Gasteiger partial charge is 0.224 e. The van der Waals surface area contributed by atoms with E-state index >= 15 is 0 Å². The Labute approximate surface area is 115 Å². The first-order valence-electron chi connectivity index (χ1n) is 7.37. The SMILES string of the molecule is CCCc1ccc(NC(=O)CC2CCCNC2)cc1. The van der Waals surface area contributed by atoms with E-state index in [1.54, 1.807) is 0 Å². The zero-order valence-electron chi connectivity index (χ0n) is 11.7. The molecule has 1 amide bonds. The molecule has 0 aromatic heterocycles. The Kier molecular flexibility index (Phi) is 5.40. The molecule has 1 aliphatic heterocycles. The Bertz CT molecular complexity index is 394. The summed E-state index contributed by atoms with van der Waals surface area (Å²) in [6.45, 7) is 4.24. The number of piperidine rings is 1. The lowest BCUT2D eigenvalue weighted by Crippen LogP contribution is -2.32. The number of hydrogen-bond acceptors (Lipinski definition) is 2. The molecule has 0 aliphatic carbocycles. The van der Waals surface area contributed by atoms with E-state index < -0.39 is 0 Å². The van der Waals surface area contributed by atoms with Crippen LogP contribution in [0.5, 0.6) is 0 Å². The van der Waals surface area contributed by atoms with Crippen molar-refractivity contribution < 1.29 is 4.79 Å². The molecular weight excluding hydrogens is 236 g/mol. The fourth-order valence-electron chi connectivity index (χ4n) is 2.62. The number of benzene rings is 1. The predicted octanol–water partition coefficient (Wildman–Crippen LogP) is 2.97. The highest BCUT2D eigenvalue weighted by atomic mass is 16.1. The molecule has 3 heteroatoms. The molecule has 1 aromatic rings. The van der Waals surface area contributed by atoms with Gasteiger partial charge < -0.3 is 10.6 Å². The molecule has 1 fully saturated rings. The van der Waals surface area contributed by atoms with Gasteiger partial charge in [0.1, 0.15) is 0 Å². The number of aryl methyl sites for hydroxylation is 1. The number of carbonyl (C=O) groups is 1. The van der Waals surface area contributed by atoms with Gasteiger partial charge in [0.15, 0.2) is 0 Å². The molecule has 1 aromatic carbocycles. The molecule has 1 unspecified atom stereocenters. The molecule has 19 heavy (non-hydrogen) atoms. The summed E-state index contributed by atoms with van der Waals surface area (Å²) in [6, 6.07) is 8.20. The van der Waals surface area contributed by atoms with Gasteiger partial charge in [0.2, 0.25) is 5.91 Å². The maximum absolute atomic E-state index is 12.0. The molecule has 1 heterocycles. The Morgan fingerprint density at radius 3 is 2.79 bits per heavy atom. The van der Waals surface area contributed by atoms with Crippen LogP contribution in [-0.2, 0) is 11.2 Å². The molecule has 2 N–H and O–H groups in total. The minimum atomic E-state index is 0.136. The molecule has 1 atom stereocenters. The van der Waals surface area contributed by atoms with Crippen molar-refractivity contribution in [1.29, 1.82) is 0 Å². The van der Waals surface area contributed by atoms with E-state index in [1.807, 2.05) is 12.1 Å². The molecule has 2 rings (SSSR count). The van der Waals surface area contributed by atoms with E-state index in [1.165, 1.54) is 12.0 Å². The molecule has 0 spiro atoms. The Balaban J connectivity index is 1.80. The van der Waals surface area contributed by atoms with Crippen molar-refractivity contribution in [2.24, 2.45) is 5.92 Å². The summed E-state index contributed by atoms with van der Waals surface area (Å²) in [5.41, 5.74) is 2.24. The van der Waals surface area contributed by atoms with Crippen molar-refractivity contribution in [1.82, 2.24) is 5.32 Å². The van der Waals surface area contributed by atoms with Crippen LogP contribution in [-0.4, -0.2) is 19.0 Å². The fraction of sp³-hybridized carbons (Fsp3) is 0.562. The average Bonchev–Trinajstić information content (AvgIpc) is 2.42. The van der Waals surface area contributed by atoms with Gasteiger partial charge in [0, 0.05) is 12.1 Å². The Hall–Kier alpha value is -1.35. The molecule has 0 radical (unpaired) electrons. The van der Waals surface area contributed by atoms with E-state index in [4.69, 9.17) is 0 Å². The highest BCUT2D eigenvalue weighted by Gasteiger charge is 2.16. The molecule has 1 saturated heterocycles. The van der Waals surface area contributed by atoms with Gasteiger partial charge in [-0.1, -0.05) is 25.5 Å². The normalized spacial score (nSPS) is 19.1. The monoisotopic (exact) mass is 260 g/mol. The van der Waals surface area contributed by atoms with Crippen LogP contribution < -0.4 is 10.6 Å². The summed E-state index contributed by atoms with van der Waals surface area (Å²) in [5.74, 6) is 0.630. The van der Waals surface area contributed by atoms with Crippen LogP contribution in [0.1, 0.15) is 38.2 Å². The van der Waals surface area contributed by atoms with Gasteiger partial charge in [-0.05, 0) is 56.0 Å². The van der Waals surface area contributed by atoms with Crippen molar-refractivity contribution in [2.75, 3.05) is 18.4 Å². The second-order valence-corrected chi connectivity index (χ2v) is 5.41. The summed E-state index contributed by atoms with van der Waals surface area (Å²) in [5, 5.41) is 6.34. The van der Waals surface area contributed by atoms with Crippen molar-refractivity contribution in [2.45, 2.75) is 39.0 Å². The first-order chi connectivity index (χ1) is 9.28. The van der Waals surface area contributed by atoms with Gasteiger partial charge in [-0.25, -0.2) is 0 Å². The van der Waals surface area contributed by atoms with Gasteiger partial charge >= 0.3 is 0 Å². The van der Waals surface area contributed by atoms with Gasteiger partial charge in [-0.15, -0.1) is 0 Å². The van der Waals surface area contributed by atoms with Gasteiger partial charge in [0.05, 0.1) is 0 Å². The van der Waals surface area contributed by atoms with Crippen LogP contribution >= 0.6 is 0 Å². The summed E-state index contributed by atoms with van der Waals surface area (Å²) in [7, 11) is 0. The van der Waals surface area contributed by atoms with Crippen LogP contribution in [0, 0.1) is 5.92 Å². The summed E-state index contributed by atoms with van der Waals surface area (Å²) < 4.78 is 0. The van der Waals surface area contributed by atoms with Crippen molar-refractivity contribution in [3.05, 3.63) is 29.8 Å². The van der Waals surface area contributed by atoms with Crippen LogP contribution in [0.4, 0.5) is 5.69 Å². The molecule has 1 aliphatic rings. The van der Waals surface area contributed by atoms with Crippen LogP contribution in [0.25, 0.3) is 0 Å². The second-order valence-electron chi connectivity index (χ2n) is 5.41. The van der Waals surface area contributed by atoms with Gasteiger partial charge in [-0.3, -0.25) is 4.79 Å². The number of anilines is 1. The summed E-state index contributed by atoms with van der Waals surface area (Å²) >= 11 is 0. The van der Waals surface area contributed by atoms with Crippen LogP contribution in [0.3, 0.4) is 0 Å². The topological polar surface area (TPSA) is 41.1 Å². The zero-order valence-corrected chi connectivity index (χ0v) is 11.7. The lowest BCUT2D eigenvalue weighted by molar-refractivity contribution is -0.117. The highest BCUT2D eigenvalue weighted by Crippen LogP contribution is 2.16. The first kappa shape index (κ1) is 14.1. The molecular formula is C16H24N2O. The summed E-state index contributed by atoms with van der Waals surface area (Å²) in [4.78, 5) is 12.0. The second kappa shape index (κ2) is 7.29. The van der Waals surface area contributed by atoms with Crippen LogP contribution in [0.15, 0.2) is 24.3 Å². The number of rotatable bonds is 5. The first-order valence-corrected chi connectivity index (χ1v) is 7.37. The van der Waals surface area contributed by atoms with Crippen molar-refractivity contribution >= 4 is 11.6 Å². The minimum absolute atomic E-state index is 0.136. The largest absolute Gasteiger partial charge is 0.326 e. The van der Waals surface area contributed by atoms with E-state index in [0.29, 0.717) is 12.3 Å². The number of carbonyl (C=O) groups excluding carboxylic acids is 1. The number of nitrogens with one attached hydrogen (secondary N) is 2. The van der Waals surface area contributed by atoms with E-state index in [9.17, 15) is 4.79 Å². The van der Waals surface area contributed by atoms with E-state index in [-0.39, 0.29) is 5.91 Å². The van der Waals surface area contributed by atoms with Gasteiger partial charge in [0.25, 0.3) is 0 Å². The molecule has 3 nitrogen and oxygen atoms in total. The maximum Gasteiger partial charge on any atom is 0.224 e.